The maximum Gasteiger partial charge on any atom is 0.119 e. The standard InChI is InChI=1S/C17H24O2/c1-9(2)11(4)13-8-10(3)12(5)16-14(18)6-7-15(19)17(13)16/h6-9,11-13,18-19H,1-5H3. The number of fused-ring (bicyclic) bond motifs is 1. The number of hydrogen-bond donors (Lipinski definition) is 2. The van der Waals surface area contributed by atoms with Crippen molar-refractivity contribution in [1.82, 2.24) is 0 Å². The predicted molar refractivity (Wildman–Crippen MR) is 78.7 cm³/mol. The lowest BCUT2D eigenvalue weighted by Crippen LogP contribution is -2.20. The molecule has 2 nitrogen and oxygen atoms in total. The van der Waals surface area contributed by atoms with Crippen molar-refractivity contribution >= 4 is 0 Å². The van der Waals surface area contributed by atoms with Gasteiger partial charge in [0.1, 0.15) is 11.5 Å². The zero-order valence-electron chi connectivity index (χ0n) is 12.4. The summed E-state index contributed by atoms with van der Waals surface area (Å²) in [6.45, 7) is 10.8. The van der Waals surface area contributed by atoms with Gasteiger partial charge >= 0.3 is 0 Å². The molecule has 2 rings (SSSR count). The van der Waals surface area contributed by atoms with Crippen LogP contribution in [0.5, 0.6) is 11.5 Å². The van der Waals surface area contributed by atoms with E-state index in [-0.39, 0.29) is 11.8 Å². The third-order valence-corrected chi connectivity index (χ3v) is 4.75. The van der Waals surface area contributed by atoms with Crippen LogP contribution in [-0.4, -0.2) is 10.2 Å². The summed E-state index contributed by atoms with van der Waals surface area (Å²) in [5.41, 5.74) is 3.09. The molecule has 1 aliphatic carbocycles. The van der Waals surface area contributed by atoms with Crippen molar-refractivity contribution in [2.75, 3.05) is 0 Å². The van der Waals surface area contributed by atoms with E-state index in [4.69, 9.17) is 0 Å². The van der Waals surface area contributed by atoms with E-state index < -0.39 is 0 Å². The van der Waals surface area contributed by atoms with Gasteiger partial charge in [0.25, 0.3) is 0 Å². The Morgan fingerprint density at radius 1 is 1.00 bits per heavy atom. The summed E-state index contributed by atoms with van der Waals surface area (Å²) in [6.07, 6.45) is 2.26. The van der Waals surface area contributed by atoms with E-state index in [0.717, 1.165) is 11.1 Å². The Kier molecular flexibility index (Phi) is 3.62. The topological polar surface area (TPSA) is 40.5 Å². The Morgan fingerprint density at radius 3 is 2.05 bits per heavy atom. The number of rotatable bonds is 2. The number of benzene rings is 1. The van der Waals surface area contributed by atoms with E-state index >= 15 is 0 Å². The second kappa shape index (κ2) is 4.92. The van der Waals surface area contributed by atoms with Gasteiger partial charge < -0.3 is 10.2 Å². The molecule has 3 atom stereocenters. The molecule has 0 aliphatic heterocycles. The van der Waals surface area contributed by atoms with E-state index in [1.54, 1.807) is 12.1 Å². The third-order valence-electron chi connectivity index (χ3n) is 4.75. The summed E-state index contributed by atoms with van der Waals surface area (Å²) in [4.78, 5) is 0. The van der Waals surface area contributed by atoms with Crippen LogP contribution >= 0.6 is 0 Å². The second-order valence-electron chi connectivity index (χ2n) is 6.19. The van der Waals surface area contributed by atoms with Crippen LogP contribution in [0.1, 0.15) is 57.6 Å². The SMILES string of the molecule is CC1=CC(C(C)C(C)C)c2c(O)ccc(O)c2C1C. The van der Waals surface area contributed by atoms with Crippen LogP contribution in [0, 0.1) is 11.8 Å². The first kappa shape index (κ1) is 14.0. The predicted octanol–water partition coefficient (Wildman–Crippen LogP) is 4.54. The summed E-state index contributed by atoms with van der Waals surface area (Å²) >= 11 is 0. The highest BCUT2D eigenvalue weighted by Gasteiger charge is 2.32. The van der Waals surface area contributed by atoms with E-state index in [0.29, 0.717) is 23.3 Å². The number of phenolic OH excluding ortho intramolecular Hbond substituents is 2. The van der Waals surface area contributed by atoms with E-state index in [9.17, 15) is 10.2 Å². The molecule has 0 heterocycles. The molecule has 2 heteroatoms. The molecule has 1 aromatic carbocycles. The van der Waals surface area contributed by atoms with Gasteiger partial charge in [0.15, 0.2) is 0 Å². The largest absolute Gasteiger partial charge is 0.508 e. The average Bonchev–Trinajstić information content (AvgIpc) is 2.36. The van der Waals surface area contributed by atoms with Crippen molar-refractivity contribution in [3.05, 3.63) is 34.9 Å². The molecular weight excluding hydrogens is 236 g/mol. The molecule has 2 N–H and O–H groups in total. The van der Waals surface area contributed by atoms with Crippen molar-refractivity contribution < 1.29 is 10.2 Å². The minimum atomic E-state index is 0.165. The maximum atomic E-state index is 10.2. The molecule has 0 bridgehead atoms. The summed E-state index contributed by atoms with van der Waals surface area (Å²) in [6, 6.07) is 3.20. The van der Waals surface area contributed by atoms with Crippen molar-refractivity contribution in [1.29, 1.82) is 0 Å². The van der Waals surface area contributed by atoms with Crippen molar-refractivity contribution in [2.45, 2.75) is 46.5 Å². The van der Waals surface area contributed by atoms with Gasteiger partial charge in [0.2, 0.25) is 0 Å². The second-order valence-corrected chi connectivity index (χ2v) is 6.19. The molecule has 0 amide bonds. The quantitative estimate of drug-likeness (QED) is 0.605. The lowest BCUT2D eigenvalue weighted by Gasteiger charge is -2.34. The van der Waals surface area contributed by atoms with Crippen LogP contribution < -0.4 is 0 Å². The number of aromatic hydroxyl groups is 2. The lowest BCUT2D eigenvalue weighted by atomic mass is 9.71. The Balaban J connectivity index is 2.64. The summed E-state index contributed by atoms with van der Waals surface area (Å²) in [5.74, 6) is 1.90. The zero-order valence-corrected chi connectivity index (χ0v) is 12.4. The molecule has 0 fully saturated rings. The van der Waals surface area contributed by atoms with Gasteiger partial charge in [0, 0.05) is 23.0 Å². The molecule has 3 unspecified atom stereocenters. The minimum absolute atomic E-state index is 0.165. The van der Waals surface area contributed by atoms with Crippen LogP contribution in [0.4, 0.5) is 0 Å². The Labute approximate surface area is 115 Å². The van der Waals surface area contributed by atoms with Gasteiger partial charge in [-0.2, -0.15) is 0 Å². The number of phenols is 2. The first-order valence-electron chi connectivity index (χ1n) is 7.07. The van der Waals surface area contributed by atoms with Crippen LogP contribution in [0.15, 0.2) is 23.8 Å². The van der Waals surface area contributed by atoms with Gasteiger partial charge in [-0.15, -0.1) is 0 Å². The first-order valence-corrected chi connectivity index (χ1v) is 7.07. The van der Waals surface area contributed by atoms with Crippen molar-refractivity contribution in [3.8, 4) is 11.5 Å². The normalized spacial score (nSPS) is 24.0. The van der Waals surface area contributed by atoms with Gasteiger partial charge in [-0.1, -0.05) is 39.3 Å². The molecule has 0 radical (unpaired) electrons. The molecule has 104 valence electrons. The summed E-state index contributed by atoms with van der Waals surface area (Å²) < 4.78 is 0. The summed E-state index contributed by atoms with van der Waals surface area (Å²) in [7, 11) is 0. The van der Waals surface area contributed by atoms with Crippen molar-refractivity contribution in [3.63, 3.8) is 0 Å². The van der Waals surface area contributed by atoms with Crippen LogP contribution in [0.3, 0.4) is 0 Å². The Hall–Kier alpha value is -1.44. The molecule has 0 spiro atoms. The first-order chi connectivity index (χ1) is 8.84. The highest BCUT2D eigenvalue weighted by Crippen LogP contribution is 2.49. The molecule has 0 saturated carbocycles. The van der Waals surface area contributed by atoms with Gasteiger partial charge in [-0.05, 0) is 30.9 Å². The monoisotopic (exact) mass is 260 g/mol. The van der Waals surface area contributed by atoms with E-state index in [2.05, 4.69) is 40.7 Å². The highest BCUT2D eigenvalue weighted by molar-refractivity contribution is 5.57. The molecule has 0 saturated heterocycles. The summed E-state index contributed by atoms with van der Waals surface area (Å²) in [5, 5.41) is 20.4. The Bertz CT molecular complexity index is 514. The van der Waals surface area contributed by atoms with Crippen LogP contribution in [-0.2, 0) is 0 Å². The van der Waals surface area contributed by atoms with Crippen molar-refractivity contribution in [2.24, 2.45) is 11.8 Å². The van der Waals surface area contributed by atoms with Gasteiger partial charge in [0.05, 0.1) is 0 Å². The molecule has 19 heavy (non-hydrogen) atoms. The zero-order chi connectivity index (χ0) is 14.3. The highest BCUT2D eigenvalue weighted by atomic mass is 16.3. The third kappa shape index (κ3) is 2.24. The lowest BCUT2D eigenvalue weighted by molar-refractivity contribution is 0.362. The van der Waals surface area contributed by atoms with Gasteiger partial charge in [-0.25, -0.2) is 0 Å². The van der Waals surface area contributed by atoms with Crippen LogP contribution in [0.2, 0.25) is 0 Å². The maximum absolute atomic E-state index is 10.2. The van der Waals surface area contributed by atoms with Gasteiger partial charge in [-0.3, -0.25) is 0 Å². The fraction of sp³-hybridized carbons (Fsp3) is 0.529. The molecule has 1 aromatic rings. The average molecular weight is 260 g/mol. The van der Waals surface area contributed by atoms with E-state index in [1.165, 1.54) is 5.57 Å². The molecular formula is C17H24O2. The number of allylic oxidation sites excluding steroid dienone is 2. The fourth-order valence-corrected chi connectivity index (χ4v) is 2.99. The van der Waals surface area contributed by atoms with Crippen LogP contribution in [0.25, 0.3) is 0 Å². The molecule has 1 aliphatic rings. The smallest absolute Gasteiger partial charge is 0.119 e. The van der Waals surface area contributed by atoms with E-state index in [1.807, 2.05) is 0 Å². The minimum Gasteiger partial charge on any atom is -0.508 e. The molecule has 0 aromatic heterocycles. The fourth-order valence-electron chi connectivity index (χ4n) is 2.99. The number of hydrogen-bond acceptors (Lipinski definition) is 2. The Morgan fingerprint density at radius 2 is 1.53 bits per heavy atom.